The molecule has 2 heterocycles. The van der Waals surface area contributed by atoms with Gasteiger partial charge in [-0.25, -0.2) is 0 Å². The fourth-order valence-electron chi connectivity index (χ4n) is 2.87. The number of rotatable bonds is 4. The minimum absolute atomic E-state index is 0.201. The van der Waals surface area contributed by atoms with E-state index in [1.165, 1.54) is 0 Å². The van der Waals surface area contributed by atoms with Gasteiger partial charge in [0.2, 0.25) is 5.91 Å². The van der Waals surface area contributed by atoms with Crippen LogP contribution in [0.3, 0.4) is 0 Å². The van der Waals surface area contributed by atoms with Crippen molar-refractivity contribution in [1.29, 1.82) is 0 Å². The summed E-state index contributed by atoms with van der Waals surface area (Å²) in [7, 11) is 1.86. The van der Waals surface area contributed by atoms with Gasteiger partial charge in [0.1, 0.15) is 5.82 Å². The number of aryl methyl sites for hydroxylation is 1. The van der Waals surface area contributed by atoms with Crippen molar-refractivity contribution in [2.75, 3.05) is 7.05 Å². The molecule has 1 aromatic heterocycles. The molecule has 5 heteroatoms. The molecule has 0 bridgehead atoms. The van der Waals surface area contributed by atoms with Gasteiger partial charge in [-0.1, -0.05) is 12.2 Å². The first kappa shape index (κ1) is 12.4. The number of hydrogen-bond acceptors (Lipinski definition) is 3. The smallest absolute Gasteiger partial charge is 0.223 e. The minimum Gasteiger partial charge on any atom is -0.338 e. The zero-order valence-electron chi connectivity index (χ0n) is 11.4. The third kappa shape index (κ3) is 2.55. The molecule has 1 aliphatic carbocycles. The SMILES string of the molecule is CN(Cc1nnc2n1CCC2)C(=O)C[C@@H]1C=CCC1. The summed E-state index contributed by atoms with van der Waals surface area (Å²) < 4.78 is 2.15. The van der Waals surface area contributed by atoms with Gasteiger partial charge in [-0.3, -0.25) is 4.79 Å². The Morgan fingerprint density at radius 1 is 1.53 bits per heavy atom. The number of fused-ring (bicyclic) bond motifs is 1. The van der Waals surface area contributed by atoms with Crippen LogP contribution < -0.4 is 0 Å². The third-order valence-corrected chi connectivity index (χ3v) is 4.04. The topological polar surface area (TPSA) is 51.0 Å². The summed E-state index contributed by atoms with van der Waals surface area (Å²) in [6, 6.07) is 0. The molecule has 2 aliphatic rings. The first-order chi connectivity index (χ1) is 9.24. The molecular weight excluding hydrogens is 240 g/mol. The molecule has 1 amide bonds. The van der Waals surface area contributed by atoms with Crippen LogP contribution in [0, 0.1) is 5.92 Å². The van der Waals surface area contributed by atoms with Crippen LogP contribution in [0.1, 0.15) is 37.3 Å². The van der Waals surface area contributed by atoms with Crippen LogP contribution >= 0.6 is 0 Å². The van der Waals surface area contributed by atoms with Crippen molar-refractivity contribution in [3.05, 3.63) is 23.8 Å². The average molecular weight is 260 g/mol. The molecule has 3 rings (SSSR count). The number of hydrogen-bond donors (Lipinski definition) is 0. The van der Waals surface area contributed by atoms with E-state index in [9.17, 15) is 4.79 Å². The van der Waals surface area contributed by atoms with E-state index < -0.39 is 0 Å². The van der Waals surface area contributed by atoms with Gasteiger partial charge in [0.15, 0.2) is 5.82 Å². The number of amides is 1. The molecule has 0 saturated carbocycles. The van der Waals surface area contributed by atoms with E-state index in [1.54, 1.807) is 4.90 Å². The molecule has 0 saturated heterocycles. The molecule has 19 heavy (non-hydrogen) atoms. The van der Waals surface area contributed by atoms with Crippen molar-refractivity contribution in [2.45, 2.75) is 45.2 Å². The summed E-state index contributed by atoms with van der Waals surface area (Å²) in [4.78, 5) is 13.9. The Morgan fingerprint density at radius 3 is 3.21 bits per heavy atom. The Bertz CT molecular complexity index is 506. The zero-order chi connectivity index (χ0) is 13.2. The van der Waals surface area contributed by atoms with Crippen molar-refractivity contribution in [1.82, 2.24) is 19.7 Å². The molecular formula is C14H20N4O. The summed E-state index contributed by atoms with van der Waals surface area (Å²) in [5.41, 5.74) is 0. The van der Waals surface area contributed by atoms with E-state index in [4.69, 9.17) is 0 Å². The molecule has 0 N–H and O–H groups in total. The van der Waals surface area contributed by atoms with Gasteiger partial charge in [0.25, 0.3) is 0 Å². The number of carbonyl (C=O) groups is 1. The highest BCUT2D eigenvalue weighted by molar-refractivity contribution is 5.76. The molecule has 1 aliphatic heterocycles. The Hall–Kier alpha value is -1.65. The van der Waals surface area contributed by atoms with Crippen molar-refractivity contribution in [2.24, 2.45) is 5.92 Å². The number of carbonyl (C=O) groups excluding carboxylic acids is 1. The monoisotopic (exact) mass is 260 g/mol. The Kier molecular flexibility index (Phi) is 3.36. The van der Waals surface area contributed by atoms with E-state index in [0.717, 1.165) is 43.9 Å². The Morgan fingerprint density at radius 2 is 2.42 bits per heavy atom. The number of aromatic nitrogens is 3. The average Bonchev–Trinajstić information content (AvgIpc) is 3.07. The van der Waals surface area contributed by atoms with E-state index in [2.05, 4.69) is 26.9 Å². The first-order valence-electron chi connectivity index (χ1n) is 7.05. The van der Waals surface area contributed by atoms with Crippen LogP contribution in [0.25, 0.3) is 0 Å². The van der Waals surface area contributed by atoms with Crippen molar-refractivity contribution in [3.8, 4) is 0 Å². The van der Waals surface area contributed by atoms with Crippen LogP contribution in [-0.2, 0) is 24.3 Å². The second-order valence-corrected chi connectivity index (χ2v) is 5.51. The van der Waals surface area contributed by atoms with Gasteiger partial charge in [-0.05, 0) is 25.2 Å². The molecule has 0 radical (unpaired) electrons. The normalized spacial score (nSPS) is 20.8. The number of nitrogens with zero attached hydrogens (tertiary/aromatic N) is 4. The van der Waals surface area contributed by atoms with Crippen LogP contribution in [-0.4, -0.2) is 32.6 Å². The van der Waals surface area contributed by atoms with Gasteiger partial charge in [-0.15, -0.1) is 10.2 Å². The highest BCUT2D eigenvalue weighted by Gasteiger charge is 2.21. The fourth-order valence-corrected chi connectivity index (χ4v) is 2.87. The molecule has 0 spiro atoms. The highest BCUT2D eigenvalue weighted by Crippen LogP contribution is 2.21. The van der Waals surface area contributed by atoms with Crippen LogP contribution in [0.4, 0.5) is 0 Å². The lowest BCUT2D eigenvalue weighted by Crippen LogP contribution is -2.28. The maximum Gasteiger partial charge on any atom is 0.223 e. The standard InChI is InChI=1S/C14H20N4O/c1-17(14(19)9-11-5-2-3-6-11)10-13-16-15-12-7-4-8-18(12)13/h2,5,11H,3-4,6-10H2,1H3/t11-/m1/s1. The van der Waals surface area contributed by atoms with Crippen LogP contribution in [0.2, 0.25) is 0 Å². The summed E-state index contributed by atoms with van der Waals surface area (Å²) in [5, 5.41) is 8.37. The van der Waals surface area contributed by atoms with E-state index in [-0.39, 0.29) is 5.91 Å². The summed E-state index contributed by atoms with van der Waals surface area (Å²) in [6.07, 6.45) is 9.33. The van der Waals surface area contributed by atoms with Crippen LogP contribution in [0.15, 0.2) is 12.2 Å². The largest absolute Gasteiger partial charge is 0.338 e. The fraction of sp³-hybridized carbons (Fsp3) is 0.643. The highest BCUT2D eigenvalue weighted by atomic mass is 16.2. The van der Waals surface area contributed by atoms with Gasteiger partial charge in [0, 0.05) is 26.4 Å². The quantitative estimate of drug-likeness (QED) is 0.772. The van der Waals surface area contributed by atoms with Crippen molar-refractivity contribution < 1.29 is 4.79 Å². The molecule has 1 atom stereocenters. The summed E-state index contributed by atoms with van der Waals surface area (Å²) in [6.45, 7) is 1.56. The van der Waals surface area contributed by atoms with Gasteiger partial charge >= 0.3 is 0 Å². The van der Waals surface area contributed by atoms with Crippen molar-refractivity contribution in [3.63, 3.8) is 0 Å². The summed E-state index contributed by atoms with van der Waals surface area (Å²) >= 11 is 0. The Balaban J connectivity index is 1.59. The lowest BCUT2D eigenvalue weighted by atomic mass is 10.0. The minimum atomic E-state index is 0.201. The lowest BCUT2D eigenvalue weighted by Gasteiger charge is -2.18. The zero-order valence-corrected chi connectivity index (χ0v) is 11.4. The van der Waals surface area contributed by atoms with E-state index in [1.807, 2.05) is 7.05 Å². The molecule has 1 aromatic rings. The van der Waals surface area contributed by atoms with Gasteiger partial charge in [0.05, 0.1) is 6.54 Å². The maximum absolute atomic E-state index is 12.2. The molecule has 0 fully saturated rings. The molecule has 0 aromatic carbocycles. The van der Waals surface area contributed by atoms with E-state index in [0.29, 0.717) is 18.9 Å². The van der Waals surface area contributed by atoms with Gasteiger partial charge in [-0.2, -0.15) is 0 Å². The molecule has 0 unspecified atom stereocenters. The summed E-state index contributed by atoms with van der Waals surface area (Å²) in [5.74, 6) is 2.62. The molecule has 102 valence electrons. The lowest BCUT2D eigenvalue weighted by molar-refractivity contribution is -0.131. The Labute approximate surface area is 113 Å². The van der Waals surface area contributed by atoms with Crippen LogP contribution in [0.5, 0.6) is 0 Å². The predicted molar refractivity (Wildman–Crippen MR) is 71.3 cm³/mol. The third-order valence-electron chi connectivity index (χ3n) is 4.04. The van der Waals surface area contributed by atoms with Crippen molar-refractivity contribution >= 4 is 5.91 Å². The predicted octanol–water partition coefficient (Wildman–Crippen LogP) is 1.54. The molecule has 5 nitrogen and oxygen atoms in total. The number of allylic oxidation sites excluding steroid dienone is 2. The van der Waals surface area contributed by atoms with E-state index >= 15 is 0 Å². The first-order valence-corrected chi connectivity index (χ1v) is 7.05. The maximum atomic E-state index is 12.2. The second-order valence-electron chi connectivity index (χ2n) is 5.51. The van der Waals surface area contributed by atoms with Gasteiger partial charge < -0.3 is 9.47 Å². The second kappa shape index (κ2) is 5.15.